The minimum Gasteiger partial charge on any atom is -0.348 e. The molecule has 3 rings (SSSR count). The quantitative estimate of drug-likeness (QED) is 0.597. The number of rotatable bonds is 5. The van der Waals surface area contributed by atoms with Gasteiger partial charge < -0.3 is 4.90 Å². The largest absolute Gasteiger partial charge is 0.348 e. The van der Waals surface area contributed by atoms with E-state index in [1.165, 1.54) is 11.1 Å². The zero-order chi connectivity index (χ0) is 15.2. The van der Waals surface area contributed by atoms with Gasteiger partial charge in [0.25, 0.3) is 0 Å². The lowest BCUT2D eigenvalue weighted by atomic mass is 10.1. The summed E-state index contributed by atoms with van der Waals surface area (Å²) in [6, 6.07) is 27.0. The first-order valence-electron chi connectivity index (χ1n) is 7.26. The van der Waals surface area contributed by atoms with E-state index in [2.05, 4.69) is 80.4 Å². The van der Waals surface area contributed by atoms with Gasteiger partial charge in [-0.05, 0) is 39.2 Å². The third-order valence-electron chi connectivity index (χ3n) is 3.46. The molecule has 110 valence electrons. The Morgan fingerprint density at radius 2 is 1.23 bits per heavy atom. The Morgan fingerprint density at radius 3 is 1.73 bits per heavy atom. The van der Waals surface area contributed by atoms with Gasteiger partial charge in [0.15, 0.2) is 0 Å². The van der Waals surface area contributed by atoms with Crippen molar-refractivity contribution in [3.63, 3.8) is 0 Å². The summed E-state index contributed by atoms with van der Waals surface area (Å²) in [5.41, 5.74) is 2.56. The minimum atomic E-state index is 0.833. The SMILES string of the molecule is Brc1cccc(N(Cc2ccccc2)Cc2ccccc2)n1. The van der Waals surface area contributed by atoms with Crippen LogP contribution in [-0.2, 0) is 13.1 Å². The topological polar surface area (TPSA) is 16.1 Å². The summed E-state index contributed by atoms with van der Waals surface area (Å²) in [7, 11) is 0. The Hall–Kier alpha value is -2.13. The van der Waals surface area contributed by atoms with Crippen molar-refractivity contribution < 1.29 is 0 Å². The van der Waals surface area contributed by atoms with Gasteiger partial charge in [-0.25, -0.2) is 4.98 Å². The highest BCUT2D eigenvalue weighted by Crippen LogP contribution is 2.20. The molecule has 0 aliphatic carbocycles. The molecule has 3 aromatic rings. The number of halogens is 1. The van der Waals surface area contributed by atoms with E-state index in [1.807, 2.05) is 24.3 Å². The van der Waals surface area contributed by atoms with E-state index in [0.29, 0.717) is 0 Å². The first-order chi connectivity index (χ1) is 10.8. The average Bonchev–Trinajstić information content (AvgIpc) is 2.56. The zero-order valence-corrected chi connectivity index (χ0v) is 13.8. The molecule has 3 heteroatoms. The Labute approximate surface area is 139 Å². The van der Waals surface area contributed by atoms with Gasteiger partial charge in [0.2, 0.25) is 0 Å². The van der Waals surface area contributed by atoms with Crippen molar-refractivity contribution in [2.45, 2.75) is 13.1 Å². The van der Waals surface area contributed by atoms with Gasteiger partial charge in [0.05, 0.1) is 0 Å². The van der Waals surface area contributed by atoms with Crippen LogP contribution < -0.4 is 4.90 Å². The van der Waals surface area contributed by atoms with E-state index in [-0.39, 0.29) is 0 Å². The molecular weight excluding hydrogens is 336 g/mol. The number of hydrogen-bond acceptors (Lipinski definition) is 2. The molecule has 2 nitrogen and oxygen atoms in total. The minimum absolute atomic E-state index is 0.833. The lowest BCUT2D eigenvalue weighted by Gasteiger charge is -2.24. The average molecular weight is 353 g/mol. The van der Waals surface area contributed by atoms with Crippen molar-refractivity contribution >= 4 is 21.7 Å². The normalized spacial score (nSPS) is 10.4. The molecule has 0 saturated carbocycles. The molecule has 0 radical (unpaired) electrons. The van der Waals surface area contributed by atoms with Crippen LogP contribution in [0.15, 0.2) is 83.5 Å². The van der Waals surface area contributed by atoms with Crippen LogP contribution in [0, 0.1) is 0 Å². The number of anilines is 1. The molecule has 0 fully saturated rings. The van der Waals surface area contributed by atoms with E-state index in [0.717, 1.165) is 23.5 Å². The predicted molar refractivity (Wildman–Crippen MR) is 94.7 cm³/mol. The molecule has 2 aromatic carbocycles. The summed E-state index contributed by atoms with van der Waals surface area (Å²) in [6.07, 6.45) is 0. The number of benzene rings is 2. The molecule has 1 heterocycles. The van der Waals surface area contributed by atoms with Gasteiger partial charge in [-0.3, -0.25) is 0 Å². The van der Waals surface area contributed by atoms with E-state index in [4.69, 9.17) is 0 Å². The van der Waals surface area contributed by atoms with Crippen LogP contribution >= 0.6 is 15.9 Å². The second-order valence-corrected chi connectivity index (χ2v) is 5.96. The fraction of sp³-hybridized carbons (Fsp3) is 0.105. The lowest BCUT2D eigenvalue weighted by molar-refractivity contribution is 0.782. The Bertz CT molecular complexity index is 672. The van der Waals surface area contributed by atoms with Crippen LogP contribution in [0.5, 0.6) is 0 Å². The molecule has 0 aliphatic heterocycles. The highest BCUT2D eigenvalue weighted by molar-refractivity contribution is 9.10. The predicted octanol–water partition coefficient (Wildman–Crippen LogP) is 5.05. The zero-order valence-electron chi connectivity index (χ0n) is 12.2. The van der Waals surface area contributed by atoms with Crippen LogP contribution in [0.2, 0.25) is 0 Å². The molecule has 0 bridgehead atoms. The number of pyridine rings is 1. The van der Waals surface area contributed by atoms with E-state index in [1.54, 1.807) is 0 Å². The van der Waals surface area contributed by atoms with Crippen molar-refractivity contribution in [2.24, 2.45) is 0 Å². The van der Waals surface area contributed by atoms with Crippen molar-refractivity contribution in [3.05, 3.63) is 94.6 Å². The summed E-state index contributed by atoms with van der Waals surface area (Å²) in [5, 5.41) is 0. The van der Waals surface area contributed by atoms with Crippen molar-refractivity contribution in [3.8, 4) is 0 Å². The molecule has 22 heavy (non-hydrogen) atoms. The summed E-state index contributed by atoms with van der Waals surface area (Å²) in [5.74, 6) is 0.974. The van der Waals surface area contributed by atoms with Crippen LogP contribution in [0.3, 0.4) is 0 Å². The summed E-state index contributed by atoms with van der Waals surface area (Å²) in [4.78, 5) is 6.90. The number of aromatic nitrogens is 1. The van der Waals surface area contributed by atoms with Crippen LogP contribution in [0.4, 0.5) is 5.82 Å². The first kappa shape index (κ1) is 14.8. The number of nitrogens with zero attached hydrogens (tertiary/aromatic N) is 2. The van der Waals surface area contributed by atoms with E-state index in [9.17, 15) is 0 Å². The second-order valence-electron chi connectivity index (χ2n) is 5.15. The first-order valence-corrected chi connectivity index (χ1v) is 8.06. The summed E-state index contributed by atoms with van der Waals surface area (Å²) in [6.45, 7) is 1.67. The van der Waals surface area contributed by atoms with Gasteiger partial charge in [-0.15, -0.1) is 0 Å². The second kappa shape index (κ2) is 7.23. The smallest absolute Gasteiger partial charge is 0.130 e. The maximum atomic E-state index is 4.61. The maximum absolute atomic E-state index is 4.61. The Balaban J connectivity index is 1.88. The highest BCUT2D eigenvalue weighted by atomic mass is 79.9. The number of hydrogen-bond donors (Lipinski definition) is 0. The standard InChI is InChI=1S/C19H17BrN2/c20-18-12-7-13-19(21-18)22(14-16-8-3-1-4-9-16)15-17-10-5-2-6-11-17/h1-13H,14-15H2. The van der Waals surface area contributed by atoms with Crippen LogP contribution in [0.25, 0.3) is 0 Å². The highest BCUT2D eigenvalue weighted by Gasteiger charge is 2.10. The summed E-state index contributed by atoms with van der Waals surface area (Å²) >= 11 is 3.46. The maximum Gasteiger partial charge on any atom is 0.130 e. The van der Waals surface area contributed by atoms with Gasteiger partial charge >= 0.3 is 0 Å². The lowest BCUT2D eigenvalue weighted by Crippen LogP contribution is -2.23. The van der Waals surface area contributed by atoms with Gasteiger partial charge in [0, 0.05) is 13.1 Å². The molecule has 0 spiro atoms. The molecule has 0 saturated heterocycles. The molecule has 0 unspecified atom stereocenters. The van der Waals surface area contributed by atoms with Gasteiger partial charge in [-0.2, -0.15) is 0 Å². The molecule has 0 N–H and O–H groups in total. The fourth-order valence-electron chi connectivity index (χ4n) is 2.40. The fourth-order valence-corrected chi connectivity index (χ4v) is 2.73. The van der Waals surface area contributed by atoms with Crippen LogP contribution in [-0.4, -0.2) is 4.98 Å². The molecule has 1 aromatic heterocycles. The Kier molecular flexibility index (Phi) is 4.86. The van der Waals surface area contributed by atoms with E-state index < -0.39 is 0 Å². The Morgan fingerprint density at radius 1 is 0.682 bits per heavy atom. The molecular formula is C19H17BrN2. The molecule has 0 aliphatic rings. The monoisotopic (exact) mass is 352 g/mol. The van der Waals surface area contributed by atoms with Crippen LogP contribution in [0.1, 0.15) is 11.1 Å². The van der Waals surface area contributed by atoms with Gasteiger partial charge in [-0.1, -0.05) is 66.7 Å². The molecule has 0 amide bonds. The molecule has 0 atom stereocenters. The third-order valence-corrected chi connectivity index (χ3v) is 3.90. The van der Waals surface area contributed by atoms with Crippen molar-refractivity contribution in [2.75, 3.05) is 4.90 Å². The van der Waals surface area contributed by atoms with Crippen molar-refractivity contribution in [1.29, 1.82) is 0 Å². The third kappa shape index (κ3) is 3.95. The van der Waals surface area contributed by atoms with Crippen molar-refractivity contribution in [1.82, 2.24) is 4.98 Å². The van der Waals surface area contributed by atoms with Gasteiger partial charge in [0.1, 0.15) is 10.4 Å². The van der Waals surface area contributed by atoms with E-state index >= 15 is 0 Å². The summed E-state index contributed by atoms with van der Waals surface area (Å²) < 4.78 is 0.858.